The number of hydrogen-bond acceptors (Lipinski definition) is 5. The van der Waals surface area contributed by atoms with E-state index in [1.807, 2.05) is 0 Å². The average Bonchev–Trinajstić information content (AvgIpc) is 3.32. The molecule has 130 valence electrons. The van der Waals surface area contributed by atoms with Gasteiger partial charge in [-0.15, -0.1) is 0 Å². The molecule has 3 aliphatic rings. The van der Waals surface area contributed by atoms with E-state index in [0.717, 1.165) is 6.20 Å². The normalized spacial score (nSPS) is 35.5. The number of aliphatic hydroxyl groups is 1. The van der Waals surface area contributed by atoms with Crippen LogP contribution in [0.3, 0.4) is 0 Å². The van der Waals surface area contributed by atoms with Gasteiger partial charge < -0.3 is 15.3 Å². The molecule has 2 N–H and O–H groups in total. The highest BCUT2D eigenvalue weighted by Crippen LogP contribution is 2.62. The van der Waals surface area contributed by atoms with Gasteiger partial charge in [-0.25, -0.2) is 18.2 Å². The Labute approximate surface area is 140 Å². The number of nitrogens with zero attached hydrogens (tertiary/aromatic N) is 3. The van der Waals surface area contributed by atoms with Crippen molar-refractivity contribution in [2.75, 3.05) is 24.6 Å². The van der Waals surface area contributed by atoms with Crippen LogP contribution in [0.4, 0.5) is 19.0 Å². The fourth-order valence-electron chi connectivity index (χ4n) is 3.71. The van der Waals surface area contributed by atoms with Gasteiger partial charge in [-0.2, -0.15) is 4.98 Å². The fourth-order valence-corrected chi connectivity index (χ4v) is 3.84. The van der Waals surface area contributed by atoms with Gasteiger partial charge in [0.05, 0.1) is 18.3 Å². The molecule has 6 nitrogen and oxygen atoms in total. The van der Waals surface area contributed by atoms with E-state index in [1.165, 1.54) is 0 Å². The Kier molecular flexibility index (Phi) is 3.13. The Hall–Kier alpha value is -1.61. The lowest BCUT2D eigenvalue weighted by Crippen LogP contribution is -2.45. The molecule has 0 radical (unpaired) electrons. The Morgan fingerprint density at radius 2 is 2.21 bits per heavy atom. The number of rotatable bonds is 4. The molecular formula is C14H14ClF3N4O2. The first-order valence-corrected chi connectivity index (χ1v) is 7.83. The number of hydrogen-bond donors (Lipinski definition) is 2. The molecule has 1 amide bonds. The average molecular weight is 363 g/mol. The van der Waals surface area contributed by atoms with Crippen LogP contribution >= 0.6 is 11.6 Å². The zero-order chi connectivity index (χ0) is 17.3. The number of anilines is 1. The first kappa shape index (κ1) is 15.9. The van der Waals surface area contributed by atoms with E-state index in [9.17, 15) is 23.1 Å². The summed E-state index contributed by atoms with van der Waals surface area (Å²) in [5.74, 6) is -5.70. The molecule has 4 rings (SSSR count). The Morgan fingerprint density at radius 1 is 1.50 bits per heavy atom. The maximum atomic E-state index is 13.9. The number of piperidine rings is 1. The van der Waals surface area contributed by atoms with Crippen LogP contribution in [0.15, 0.2) is 6.20 Å². The van der Waals surface area contributed by atoms with Crippen molar-refractivity contribution in [3.63, 3.8) is 0 Å². The number of aliphatic hydroxyl groups excluding tert-OH is 1. The SMILES string of the molecule is O=C(N[C@]12CN(c3nc(Cl)ncc3F)C[C@@]1(CO)C2)C1CC1(F)F. The Balaban J connectivity index is 1.55. The number of amides is 1. The lowest BCUT2D eigenvalue weighted by Gasteiger charge is -2.22. The number of fused-ring (bicyclic) bond motifs is 1. The van der Waals surface area contributed by atoms with Gasteiger partial charge >= 0.3 is 0 Å². The van der Waals surface area contributed by atoms with Crippen molar-refractivity contribution in [1.29, 1.82) is 0 Å². The van der Waals surface area contributed by atoms with E-state index < -0.39 is 40.9 Å². The molecule has 1 aromatic rings. The van der Waals surface area contributed by atoms with Gasteiger partial charge in [0.25, 0.3) is 5.92 Å². The molecule has 1 aromatic heterocycles. The number of halogens is 4. The van der Waals surface area contributed by atoms with Crippen molar-refractivity contribution in [2.24, 2.45) is 11.3 Å². The monoisotopic (exact) mass is 362 g/mol. The summed E-state index contributed by atoms with van der Waals surface area (Å²) in [5, 5.41) is 12.2. The van der Waals surface area contributed by atoms with Gasteiger partial charge in [-0.3, -0.25) is 4.79 Å². The zero-order valence-electron chi connectivity index (χ0n) is 12.4. The molecule has 3 fully saturated rings. The van der Waals surface area contributed by atoms with Crippen LogP contribution in [-0.2, 0) is 4.79 Å². The lowest BCUT2D eigenvalue weighted by atomic mass is 10.0. The number of carbonyl (C=O) groups excluding carboxylic acids is 1. The van der Waals surface area contributed by atoms with Crippen molar-refractivity contribution < 1.29 is 23.1 Å². The number of carbonyl (C=O) groups is 1. The van der Waals surface area contributed by atoms with Crippen LogP contribution in [0.5, 0.6) is 0 Å². The zero-order valence-corrected chi connectivity index (χ0v) is 13.2. The first-order chi connectivity index (χ1) is 11.2. The summed E-state index contributed by atoms with van der Waals surface area (Å²) in [4.78, 5) is 21.0. The van der Waals surface area contributed by atoms with E-state index >= 15 is 0 Å². The molecule has 0 bridgehead atoms. The highest BCUT2D eigenvalue weighted by molar-refractivity contribution is 6.28. The molecule has 0 spiro atoms. The van der Waals surface area contributed by atoms with Gasteiger partial charge in [0.1, 0.15) is 5.92 Å². The van der Waals surface area contributed by atoms with Crippen molar-refractivity contribution in [1.82, 2.24) is 15.3 Å². The minimum atomic E-state index is -2.96. The summed E-state index contributed by atoms with van der Waals surface area (Å²) in [6, 6.07) is 0. The number of nitrogens with one attached hydrogen (secondary N) is 1. The third-order valence-electron chi connectivity index (χ3n) is 5.29. The smallest absolute Gasteiger partial charge is 0.260 e. The van der Waals surface area contributed by atoms with E-state index in [0.29, 0.717) is 6.42 Å². The van der Waals surface area contributed by atoms with Crippen LogP contribution in [0.1, 0.15) is 12.8 Å². The molecule has 10 heteroatoms. The number of alkyl halides is 2. The maximum Gasteiger partial charge on any atom is 0.260 e. The van der Waals surface area contributed by atoms with E-state index in [1.54, 1.807) is 4.90 Å². The maximum absolute atomic E-state index is 13.9. The standard InChI is InChI=1S/C14H14ClF3N4O2/c15-11-19-2-8(16)9(20-11)22-4-12(6-23)3-13(12,5-22)21-10(24)7-1-14(7,17)18/h2,7,23H,1,3-6H2,(H,21,24)/t7?,12-,13-/m1/s1. The highest BCUT2D eigenvalue weighted by Gasteiger charge is 2.74. The Bertz CT molecular complexity index is 736. The third-order valence-corrected chi connectivity index (χ3v) is 5.47. The van der Waals surface area contributed by atoms with Gasteiger partial charge in [0.15, 0.2) is 11.6 Å². The molecule has 1 saturated heterocycles. The summed E-state index contributed by atoms with van der Waals surface area (Å²) < 4.78 is 40.1. The van der Waals surface area contributed by atoms with Crippen LogP contribution in [0.2, 0.25) is 5.28 Å². The number of aromatic nitrogens is 2. The minimum absolute atomic E-state index is 0.0274. The van der Waals surface area contributed by atoms with Crippen LogP contribution < -0.4 is 10.2 Å². The molecule has 1 unspecified atom stereocenters. The van der Waals surface area contributed by atoms with Crippen LogP contribution in [0, 0.1) is 17.2 Å². The van der Waals surface area contributed by atoms with Crippen LogP contribution in [0.25, 0.3) is 0 Å². The van der Waals surface area contributed by atoms with Crippen molar-refractivity contribution >= 4 is 23.3 Å². The Morgan fingerprint density at radius 3 is 2.83 bits per heavy atom. The second-order valence-electron chi connectivity index (χ2n) is 6.87. The van der Waals surface area contributed by atoms with Crippen LogP contribution in [-0.4, -0.2) is 52.1 Å². The molecule has 1 aliphatic heterocycles. The first-order valence-electron chi connectivity index (χ1n) is 7.46. The molecule has 3 atom stereocenters. The molecular weight excluding hydrogens is 349 g/mol. The van der Waals surface area contributed by atoms with Gasteiger partial charge in [0.2, 0.25) is 11.2 Å². The predicted molar refractivity (Wildman–Crippen MR) is 77.3 cm³/mol. The van der Waals surface area contributed by atoms with Gasteiger partial charge in [-0.05, 0) is 18.0 Å². The molecule has 2 aliphatic carbocycles. The summed E-state index contributed by atoms with van der Waals surface area (Å²) in [6.45, 7) is 0.169. The molecule has 2 heterocycles. The molecule has 24 heavy (non-hydrogen) atoms. The van der Waals surface area contributed by atoms with E-state index in [4.69, 9.17) is 11.6 Å². The fraction of sp³-hybridized carbons (Fsp3) is 0.643. The summed E-state index contributed by atoms with van der Waals surface area (Å²) in [5.41, 5.74) is -1.53. The second kappa shape index (κ2) is 4.72. The minimum Gasteiger partial charge on any atom is -0.396 e. The molecule has 2 saturated carbocycles. The quantitative estimate of drug-likeness (QED) is 0.781. The van der Waals surface area contributed by atoms with Gasteiger partial charge in [0, 0.05) is 24.9 Å². The summed E-state index contributed by atoms with van der Waals surface area (Å²) in [6.07, 6.45) is 0.939. The summed E-state index contributed by atoms with van der Waals surface area (Å²) in [7, 11) is 0. The lowest BCUT2D eigenvalue weighted by molar-refractivity contribution is -0.125. The van der Waals surface area contributed by atoms with Crippen molar-refractivity contribution in [2.45, 2.75) is 24.3 Å². The van der Waals surface area contributed by atoms with E-state index in [-0.39, 0.29) is 30.8 Å². The van der Waals surface area contributed by atoms with Crippen molar-refractivity contribution in [3.8, 4) is 0 Å². The molecule has 0 aromatic carbocycles. The second-order valence-corrected chi connectivity index (χ2v) is 7.21. The van der Waals surface area contributed by atoms with Gasteiger partial charge in [-0.1, -0.05) is 0 Å². The summed E-state index contributed by atoms with van der Waals surface area (Å²) >= 11 is 5.69. The van der Waals surface area contributed by atoms with E-state index in [2.05, 4.69) is 15.3 Å². The topological polar surface area (TPSA) is 78.4 Å². The largest absolute Gasteiger partial charge is 0.396 e. The van der Waals surface area contributed by atoms with Crippen molar-refractivity contribution in [3.05, 3.63) is 17.3 Å². The highest BCUT2D eigenvalue weighted by atomic mass is 35.5. The predicted octanol–water partition coefficient (Wildman–Crippen LogP) is 0.982. The third kappa shape index (κ3) is 2.17.